The molecule has 0 fully saturated rings. The van der Waals surface area contributed by atoms with E-state index in [1.165, 1.54) is 41.3 Å². The molecule has 0 unspecified atom stereocenters. The van der Waals surface area contributed by atoms with E-state index in [2.05, 4.69) is 0 Å². The van der Waals surface area contributed by atoms with Crippen molar-refractivity contribution in [2.75, 3.05) is 13.2 Å². The van der Waals surface area contributed by atoms with E-state index in [1.54, 1.807) is 30.3 Å². The summed E-state index contributed by atoms with van der Waals surface area (Å²) in [6.07, 6.45) is 0.830. The standard InChI is InChI=1S/C26H19NO7S/c28-23-19-9-3-4-10-21(19)35(32,33)22-15-16(11-12-20(22)23)26(31)34-14-6-5-13-27-24(29)17-7-1-2-8-18(17)25(27)30/h1-4,7-12,15H,5-6,13-14H2. The minimum absolute atomic E-state index is 0.0138. The molecule has 0 bridgehead atoms. The Balaban J connectivity index is 1.21. The molecule has 35 heavy (non-hydrogen) atoms. The van der Waals surface area contributed by atoms with Crippen LogP contribution in [0.4, 0.5) is 0 Å². The van der Waals surface area contributed by atoms with Crippen molar-refractivity contribution in [2.24, 2.45) is 0 Å². The van der Waals surface area contributed by atoms with Crippen molar-refractivity contribution in [2.45, 2.75) is 22.6 Å². The first-order valence-electron chi connectivity index (χ1n) is 11.0. The zero-order valence-electron chi connectivity index (χ0n) is 18.4. The van der Waals surface area contributed by atoms with Gasteiger partial charge in [0.1, 0.15) is 0 Å². The van der Waals surface area contributed by atoms with Crippen LogP contribution >= 0.6 is 0 Å². The van der Waals surface area contributed by atoms with Crippen molar-refractivity contribution in [1.29, 1.82) is 0 Å². The van der Waals surface area contributed by atoms with Gasteiger partial charge in [-0.3, -0.25) is 19.3 Å². The summed E-state index contributed by atoms with van der Waals surface area (Å²) >= 11 is 0. The predicted molar refractivity (Wildman–Crippen MR) is 123 cm³/mol. The fourth-order valence-electron chi connectivity index (χ4n) is 4.27. The predicted octanol–water partition coefficient (Wildman–Crippen LogP) is 3.30. The zero-order valence-corrected chi connectivity index (χ0v) is 19.2. The maximum absolute atomic E-state index is 13.0. The van der Waals surface area contributed by atoms with Crippen LogP contribution in [0.2, 0.25) is 0 Å². The number of unbranched alkanes of at least 4 members (excludes halogenated alkanes) is 1. The first kappa shape index (κ1) is 22.7. The Kier molecular flexibility index (Phi) is 5.56. The van der Waals surface area contributed by atoms with Crippen LogP contribution in [0.3, 0.4) is 0 Å². The highest BCUT2D eigenvalue weighted by atomic mass is 32.2. The molecule has 0 radical (unpaired) electrons. The lowest BCUT2D eigenvalue weighted by atomic mass is 10.0. The first-order valence-corrected chi connectivity index (χ1v) is 12.4. The van der Waals surface area contributed by atoms with Gasteiger partial charge in [0.2, 0.25) is 9.84 Å². The molecule has 3 aromatic rings. The van der Waals surface area contributed by atoms with Crippen molar-refractivity contribution in [3.63, 3.8) is 0 Å². The van der Waals surface area contributed by atoms with Crippen LogP contribution in [0.25, 0.3) is 0 Å². The van der Waals surface area contributed by atoms with Crippen LogP contribution in [0, 0.1) is 0 Å². The van der Waals surface area contributed by atoms with Crippen molar-refractivity contribution in [1.82, 2.24) is 4.90 Å². The van der Waals surface area contributed by atoms with Gasteiger partial charge in [-0.25, -0.2) is 13.2 Å². The number of carbonyl (C=O) groups is 4. The van der Waals surface area contributed by atoms with Gasteiger partial charge < -0.3 is 4.74 Å². The number of ether oxygens (including phenoxy) is 1. The van der Waals surface area contributed by atoms with Crippen molar-refractivity contribution < 1.29 is 32.3 Å². The van der Waals surface area contributed by atoms with Crippen LogP contribution in [0.1, 0.15) is 59.8 Å². The maximum atomic E-state index is 13.0. The minimum atomic E-state index is -3.96. The zero-order chi connectivity index (χ0) is 24.7. The Bertz CT molecular complexity index is 1490. The fourth-order valence-corrected chi connectivity index (χ4v) is 5.95. The average molecular weight is 490 g/mol. The third kappa shape index (κ3) is 3.74. The number of ketones is 1. The van der Waals surface area contributed by atoms with Gasteiger partial charge in [0.05, 0.1) is 33.1 Å². The van der Waals surface area contributed by atoms with E-state index in [9.17, 15) is 27.6 Å². The molecule has 2 amide bonds. The molecule has 9 heteroatoms. The first-order chi connectivity index (χ1) is 16.8. The molecular formula is C26H19NO7S. The Morgan fingerprint density at radius 3 is 2.03 bits per heavy atom. The van der Waals surface area contributed by atoms with E-state index in [1.807, 2.05) is 0 Å². The van der Waals surface area contributed by atoms with Crippen molar-refractivity contribution >= 4 is 33.4 Å². The Morgan fingerprint density at radius 2 is 1.34 bits per heavy atom. The molecule has 0 aliphatic carbocycles. The van der Waals surface area contributed by atoms with E-state index in [0.29, 0.717) is 24.0 Å². The Morgan fingerprint density at radius 1 is 0.743 bits per heavy atom. The van der Waals surface area contributed by atoms with Crippen LogP contribution in [0.5, 0.6) is 0 Å². The normalized spacial score (nSPS) is 15.4. The molecule has 8 nitrogen and oxygen atoms in total. The third-order valence-corrected chi connectivity index (χ3v) is 7.91. The van der Waals surface area contributed by atoms with Gasteiger partial charge in [-0.2, -0.15) is 0 Å². The highest BCUT2D eigenvalue weighted by molar-refractivity contribution is 7.91. The lowest BCUT2D eigenvalue weighted by Gasteiger charge is -2.19. The summed E-state index contributed by atoms with van der Waals surface area (Å²) in [6, 6.07) is 16.4. The van der Waals surface area contributed by atoms with Gasteiger partial charge in [-0.1, -0.05) is 24.3 Å². The van der Waals surface area contributed by atoms with Gasteiger partial charge in [0, 0.05) is 17.7 Å². The largest absolute Gasteiger partial charge is 0.462 e. The summed E-state index contributed by atoms with van der Waals surface area (Å²) in [5.74, 6) is -1.82. The summed E-state index contributed by atoms with van der Waals surface area (Å²) in [5, 5.41) is 0. The van der Waals surface area contributed by atoms with Crippen molar-refractivity contribution in [3.8, 4) is 0 Å². The van der Waals surface area contributed by atoms with E-state index >= 15 is 0 Å². The molecule has 2 heterocycles. The number of nitrogens with zero attached hydrogens (tertiary/aromatic N) is 1. The number of hydrogen-bond donors (Lipinski definition) is 0. The lowest BCUT2D eigenvalue weighted by molar-refractivity contribution is 0.0485. The van der Waals surface area contributed by atoms with Gasteiger partial charge in [-0.05, 0) is 55.3 Å². The number of benzene rings is 3. The van der Waals surface area contributed by atoms with E-state index in [0.717, 1.165) is 0 Å². The smallest absolute Gasteiger partial charge is 0.338 e. The van der Waals surface area contributed by atoms with Crippen LogP contribution in [-0.2, 0) is 14.6 Å². The number of imide groups is 1. The van der Waals surface area contributed by atoms with Crippen molar-refractivity contribution in [3.05, 3.63) is 94.5 Å². The summed E-state index contributed by atoms with van der Waals surface area (Å²) < 4.78 is 31.3. The number of rotatable bonds is 6. The van der Waals surface area contributed by atoms with E-state index in [-0.39, 0.29) is 51.4 Å². The number of hydrogen-bond acceptors (Lipinski definition) is 7. The molecule has 0 spiro atoms. The summed E-state index contributed by atoms with van der Waals surface area (Å²) in [5.41, 5.74) is 0.897. The van der Waals surface area contributed by atoms with Gasteiger partial charge >= 0.3 is 5.97 Å². The second-order valence-electron chi connectivity index (χ2n) is 8.19. The molecule has 0 aromatic heterocycles. The number of esters is 1. The lowest BCUT2D eigenvalue weighted by Crippen LogP contribution is -2.30. The van der Waals surface area contributed by atoms with E-state index in [4.69, 9.17) is 4.74 Å². The Hall–Kier alpha value is -4.11. The summed E-state index contributed by atoms with van der Waals surface area (Å²) in [4.78, 5) is 50.9. The number of fused-ring (bicyclic) bond motifs is 3. The number of amides is 2. The molecule has 3 aromatic carbocycles. The third-order valence-electron chi connectivity index (χ3n) is 6.06. The highest BCUT2D eigenvalue weighted by Gasteiger charge is 2.36. The molecule has 2 aliphatic rings. The molecule has 2 aliphatic heterocycles. The van der Waals surface area contributed by atoms with Gasteiger partial charge in [0.15, 0.2) is 5.78 Å². The average Bonchev–Trinajstić information content (AvgIpc) is 3.12. The maximum Gasteiger partial charge on any atom is 0.338 e. The van der Waals surface area contributed by atoms with Crippen LogP contribution in [-0.4, -0.2) is 50.0 Å². The monoisotopic (exact) mass is 489 g/mol. The second-order valence-corrected chi connectivity index (χ2v) is 10.1. The molecule has 0 saturated heterocycles. The van der Waals surface area contributed by atoms with Gasteiger partial charge in [0.25, 0.3) is 11.8 Å². The highest BCUT2D eigenvalue weighted by Crippen LogP contribution is 2.34. The SMILES string of the molecule is O=C(OCCCCN1C(=O)c2ccccc2C1=O)c1ccc2c(c1)S(=O)(=O)c1ccccc1C2=O. The topological polar surface area (TPSA) is 115 Å². The molecule has 176 valence electrons. The second kappa shape index (κ2) is 8.59. The van der Waals surface area contributed by atoms with Crippen LogP contribution in [0.15, 0.2) is 76.5 Å². The fraction of sp³-hybridized carbons (Fsp3) is 0.154. The number of sulfone groups is 1. The molecule has 5 rings (SSSR count). The molecule has 0 atom stereocenters. The molecular weight excluding hydrogens is 470 g/mol. The molecule has 0 saturated carbocycles. The van der Waals surface area contributed by atoms with Gasteiger partial charge in [-0.15, -0.1) is 0 Å². The van der Waals surface area contributed by atoms with Crippen LogP contribution < -0.4 is 0 Å². The minimum Gasteiger partial charge on any atom is -0.462 e. The summed E-state index contributed by atoms with van der Waals surface area (Å²) in [6.45, 7) is 0.218. The number of carbonyl (C=O) groups excluding carboxylic acids is 4. The summed E-state index contributed by atoms with van der Waals surface area (Å²) in [7, 11) is -3.96. The van der Waals surface area contributed by atoms with E-state index < -0.39 is 21.6 Å². The Labute approximate surface area is 201 Å². The quantitative estimate of drug-likeness (QED) is 0.232. The molecule has 0 N–H and O–H groups in total.